The number of nitrogens with zero attached hydrogens (tertiary/aromatic N) is 3. The number of benzene rings is 1. The van der Waals surface area contributed by atoms with Crippen molar-refractivity contribution in [2.75, 3.05) is 18.4 Å². The van der Waals surface area contributed by atoms with Gasteiger partial charge in [0.05, 0.1) is 17.6 Å². The maximum atomic E-state index is 12.9. The first-order valence-corrected chi connectivity index (χ1v) is 8.97. The van der Waals surface area contributed by atoms with Gasteiger partial charge in [0, 0.05) is 19.1 Å². The average Bonchev–Trinajstić information content (AvgIpc) is 3.02. The number of rotatable bonds is 4. The van der Waals surface area contributed by atoms with Gasteiger partial charge in [-0.25, -0.2) is 4.79 Å². The van der Waals surface area contributed by atoms with Crippen LogP contribution in [0.15, 0.2) is 36.5 Å². The van der Waals surface area contributed by atoms with Gasteiger partial charge in [0.25, 0.3) is 0 Å². The van der Waals surface area contributed by atoms with Crippen LogP contribution in [0.25, 0.3) is 0 Å². The predicted molar refractivity (Wildman–Crippen MR) is 99.9 cm³/mol. The molecule has 3 rings (SSSR count). The van der Waals surface area contributed by atoms with Crippen LogP contribution >= 0.6 is 0 Å². The van der Waals surface area contributed by atoms with Crippen LogP contribution < -0.4 is 10.6 Å². The lowest BCUT2D eigenvalue weighted by Crippen LogP contribution is -2.53. The largest absolute Gasteiger partial charge is 0.352 e. The molecule has 1 aromatic carbocycles. The normalized spacial score (nSPS) is 18.3. The minimum atomic E-state index is -0.630. The molecule has 7 nitrogen and oxygen atoms in total. The first-order chi connectivity index (χ1) is 12.5. The Hall–Kier alpha value is -2.83. The van der Waals surface area contributed by atoms with Crippen molar-refractivity contribution >= 4 is 17.6 Å². The number of amides is 3. The molecule has 1 aliphatic heterocycles. The molecule has 2 unspecified atom stereocenters. The molecule has 0 radical (unpaired) electrons. The van der Waals surface area contributed by atoms with E-state index in [0.29, 0.717) is 18.8 Å². The van der Waals surface area contributed by atoms with E-state index in [9.17, 15) is 9.59 Å². The zero-order chi connectivity index (χ0) is 18.7. The average molecular weight is 355 g/mol. The molecule has 0 saturated carbocycles. The molecule has 1 aliphatic rings. The molecule has 138 valence electrons. The molecule has 1 aromatic heterocycles. The van der Waals surface area contributed by atoms with Gasteiger partial charge in [-0.15, -0.1) is 0 Å². The molecular weight excluding hydrogens is 330 g/mol. The third-order valence-corrected chi connectivity index (χ3v) is 4.88. The number of hydrogen-bond donors (Lipinski definition) is 2. The Morgan fingerprint density at radius 2 is 2.12 bits per heavy atom. The lowest BCUT2D eigenvalue weighted by Gasteiger charge is -2.35. The lowest BCUT2D eigenvalue weighted by molar-refractivity contribution is -0.127. The summed E-state index contributed by atoms with van der Waals surface area (Å²) in [6.45, 7) is 7.02. The molecule has 2 atom stereocenters. The quantitative estimate of drug-likeness (QED) is 0.885. The summed E-state index contributed by atoms with van der Waals surface area (Å²) in [5.74, 6) is -0.162. The first-order valence-electron chi connectivity index (χ1n) is 8.97. The van der Waals surface area contributed by atoms with E-state index in [2.05, 4.69) is 29.6 Å². The Bertz CT molecular complexity index is 786. The van der Waals surface area contributed by atoms with Crippen molar-refractivity contribution < 1.29 is 9.59 Å². The van der Waals surface area contributed by atoms with Crippen molar-refractivity contribution in [3.63, 3.8) is 0 Å². The van der Waals surface area contributed by atoms with Crippen molar-refractivity contribution in [2.24, 2.45) is 0 Å². The molecule has 3 amide bonds. The van der Waals surface area contributed by atoms with E-state index in [1.54, 1.807) is 11.1 Å². The number of carbonyl (C=O) groups is 2. The molecule has 2 heterocycles. The zero-order valence-corrected chi connectivity index (χ0v) is 15.4. The van der Waals surface area contributed by atoms with Crippen LogP contribution in [-0.2, 0) is 4.79 Å². The molecule has 2 N–H and O–H groups in total. The van der Waals surface area contributed by atoms with Gasteiger partial charge >= 0.3 is 6.03 Å². The highest BCUT2D eigenvalue weighted by Gasteiger charge is 2.34. The Balaban J connectivity index is 1.82. The molecule has 0 spiro atoms. The Morgan fingerprint density at radius 3 is 2.81 bits per heavy atom. The minimum Gasteiger partial charge on any atom is -0.352 e. The van der Waals surface area contributed by atoms with Crippen LogP contribution in [0.1, 0.15) is 43.6 Å². The van der Waals surface area contributed by atoms with Gasteiger partial charge in [0.1, 0.15) is 6.04 Å². The smallest absolute Gasteiger partial charge is 0.322 e. The summed E-state index contributed by atoms with van der Waals surface area (Å²) >= 11 is 0. The van der Waals surface area contributed by atoms with Crippen molar-refractivity contribution in [1.82, 2.24) is 20.0 Å². The standard InChI is InChI=1S/C19H25N5O2/c1-4-13(2)24-14(3)16(12-21-24)22-19(26)23-11-10-20-18(25)17(23)15-8-6-5-7-9-15/h5-9,12-13,17H,4,10-11H2,1-3H3,(H,20,25)(H,22,26). The van der Waals surface area contributed by atoms with Crippen molar-refractivity contribution in [3.05, 3.63) is 47.8 Å². The Kier molecular flexibility index (Phi) is 5.25. The van der Waals surface area contributed by atoms with Crippen LogP contribution in [0.5, 0.6) is 0 Å². The third-order valence-electron chi connectivity index (χ3n) is 4.88. The predicted octanol–water partition coefficient (Wildman–Crippen LogP) is 2.87. The van der Waals surface area contributed by atoms with E-state index in [4.69, 9.17) is 0 Å². The maximum absolute atomic E-state index is 12.9. The highest BCUT2D eigenvalue weighted by Crippen LogP contribution is 2.25. The number of anilines is 1. The topological polar surface area (TPSA) is 79.3 Å². The molecular formula is C19H25N5O2. The SMILES string of the molecule is CCC(C)n1ncc(NC(=O)N2CCNC(=O)C2c2ccccc2)c1C. The molecule has 0 aliphatic carbocycles. The highest BCUT2D eigenvalue weighted by molar-refractivity contribution is 5.95. The highest BCUT2D eigenvalue weighted by atomic mass is 16.2. The fourth-order valence-electron chi connectivity index (χ4n) is 3.20. The molecule has 1 saturated heterocycles. The van der Waals surface area contributed by atoms with Crippen LogP contribution in [0.4, 0.5) is 10.5 Å². The summed E-state index contributed by atoms with van der Waals surface area (Å²) in [5, 5.41) is 10.1. The van der Waals surface area contributed by atoms with Gasteiger partial charge in [-0.05, 0) is 25.8 Å². The number of hydrogen-bond acceptors (Lipinski definition) is 3. The van der Waals surface area contributed by atoms with Crippen molar-refractivity contribution in [2.45, 2.75) is 39.3 Å². The van der Waals surface area contributed by atoms with Gasteiger partial charge in [-0.1, -0.05) is 37.3 Å². The second-order valence-corrected chi connectivity index (χ2v) is 6.57. The van der Waals surface area contributed by atoms with Crippen molar-refractivity contribution in [3.8, 4) is 0 Å². The third kappa shape index (κ3) is 3.42. The molecule has 0 bridgehead atoms. The summed E-state index contributed by atoms with van der Waals surface area (Å²) in [6.07, 6.45) is 2.62. The van der Waals surface area contributed by atoms with Gasteiger partial charge in [0.15, 0.2) is 0 Å². The molecule has 26 heavy (non-hydrogen) atoms. The number of piperazine rings is 1. The molecule has 2 aromatic rings. The number of aromatic nitrogens is 2. The van der Waals surface area contributed by atoms with Crippen LogP contribution in [0.3, 0.4) is 0 Å². The lowest BCUT2D eigenvalue weighted by atomic mass is 10.0. The van der Waals surface area contributed by atoms with Crippen molar-refractivity contribution in [1.29, 1.82) is 0 Å². The minimum absolute atomic E-state index is 0.162. The van der Waals surface area contributed by atoms with Crippen LogP contribution in [0.2, 0.25) is 0 Å². The molecule has 7 heteroatoms. The summed E-state index contributed by atoms with van der Waals surface area (Å²) in [5.41, 5.74) is 2.38. The summed E-state index contributed by atoms with van der Waals surface area (Å²) in [6, 6.07) is 8.70. The van der Waals surface area contributed by atoms with Crippen LogP contribution in [-0.4, -0.2) is 39.7 Å². The van der Waals surface area contributed by atoms with Gasteiger partial charge < -0.3 is 15.5 Å². The van der Waals surface area contributed by atoms with Gasteiger partial charge in [0.2, 0.25) is 5.91 Å². The Morgan fingerprint density at radius 1 is 1.38 bits per heavy atom. The fraction of sp³-hybridized carbons (Fsp3) is 0.421. The summed E-state index contributed by atoms with van der Waals surface area (Å²) in [7, 11) is 0. The number of urea groups is 1. The second kappa shape index (κ2) is 7.59. The molecule has 1 fully saturated rings. The van der Waals surface area contributed by atoms with E-state index in [-0.39, 0.29) is 18.0 Å². The van der Waals surface area contributed by atoms with E-state index < -0.39 is 6.04 Å². The van der Waals surface area contributed by atoms with Crippen LogP contribution in [0, 0.1) is 6.92 Å². The van der Waals surface area contributed by atoms with E-state index >= 15 is 0 Å². The summed E-state index contributed by atoms with van der Waals surface area (Å²) < 4.78 is 1.91. The number of carbonyl (C=O) groups excluding carboxylic acids is 2. The Labute approximate surface area is 153 Å². The van der Waals surface area contributed by atoms with E-state index in [1.165, 1.54) is 0 Å². The van der Waals surface area contributed by atoms with E-state index in [1.807, 2.05) is 41.9 Å². The number of nitrogens with one attached hydrogen (secondary N) is 2. The summed E-state index contributed by atoms with van der Waals surface area (Å²) in [4.78, 5) is 26.9. The monoisotopic (exact) mass is 355 g/mol. The van der Waals surface area contributed by atoms with Gasteiger partial charge in [-0.3, -0.25) is 9.48 Å². The maximum Gasteiger partial charge on any atom is 0.322 e. The second-order valence-electron chi connectivity index (χ2n) is 6.57. The zero-order valence-electron chi connectivity index (χ0n) is 15.4. The fourth-order valence-corrected chi connectivity index (χ4v) is 3.20. The first kappa shape index (κ1) is 18.0. The van der Waals surface area contributed by atoms with E-state index in [0.717, 1.165) is 17.7 Å². The van der Waals surface area contributed by atoms with Gasteiger partial charge in [-0.2, -0.15) is 5.10 Å².